The van der Waals surface area contributed by atoms with Gasteiger partial charge in [-0.3, -0.25) is 9.59 Å². The number of hydrogen-bond donors (Lipinski definition) is 1. The monoisotopic (exact) mass is 343 g/mol. The zero-order valence-corrected chi connectivity index (χ0v) is 14.1. The Kier molecular flexibility index (Phi) is 4.85. The first-order valence-electron chi connectivity index (χ1n) is 8.13. The number of rotatable bonds is 6. The third-order valence-electron chi connectivity index (χ3n) is 4.59. The zero-order chi connectivity index (χ0) is 17.9. The van der Waals surface area contributed by atoms with Gasteiger partial charge in [0.1, 0.15) is 5.41 Å². The van der Waals surface area contributed by atoms with Crippen LogP contribution in [0.25, 0.3) is 5.69 Å². The van der Waals surface area contributed by atoms with Crippen LogP contribution in [0.2, 0.25) is 0 Å². The van der Waals surface area contributed by atoms with E-state index in [0.29, 0.717) is 13.0 Å². The van der Waals surface area contributed by atoms with Crippen LogP contribution in [0.1, 0.15) is 12.0 Å². The Balaban J connectivity index is 1.65. The van der Waals surface area contributed by atoms with E-state index in [2.05, 4.69) is 5.10 Å². The standard InChI is InChI=1S/C18H21N3O4/c1-25-13-18(17(23)24)7-8-20(12-18)16(22)9-14-10-19-21(11-14)15-5-3-2-4-6-15/h2-6,10-11H,7-9,12-13H2,1H3,(H,23,24). The van der Waals surface area contributed by atoms with Crippen molar-refractivity contribution >= 4 is 11.9 Å². The Labute approximate surface area is 145 Å². The largest absolute Gasteiger partial charge is 0.481 e. The molecule has 1 N–H and O–H groups in total. The Morgan fingerprint density at radius 3 is 2.76 bits per heavy atom. The molecule has 3 rings (SSSR count). The van der Waals surface area contributed by atoms with E-state index in [1.54, 1.807) is 15.8 Å². The fourth-order valence-electron chi connectivity index (χ4n) is 3.18. The van der Waals surface area contributed by atoms with E-state index in [0.717, 1.165) is 11.3 Å². The number of aromatic nitrogens is 2. The van der Waals surface area contributed by atoms with Crippen molar-refractivity contribution in [1.82, 2.24) is 14.7 Å². The van der Waals surface area contributed by atoms with Crippen LogP contribution in [-0.2, 0) is 20.7 Å². The summed E-state index contributed by atoms with van der Waals surface area (Å²) >= 11 is 0. The van der Waals surface area contributed by atoms with Crippen LogP contribution in [0.5, 0.6) is 0 Å². The maximum absolute atomic E-state index is 12.5. The number of benzene rings is 1. The van der Waals surface area contributed by atoms with Crippen molar-refractivity contribution in [2.45, 2.75) is 12.8 Å². The van der Waals surface area contributed by atoms with E-state index < -0.39 is 11.4 Å². The molecule has 1 aromatic heterocycles. The Morgan fingerprint density at radius 2 is 2.08 bits per heavy atom. The molecule has 1 aromatic carbocycles. The average Bonchev–Trinajstić information content (AvgIpc) is 3.24. The zero-order valence-electron chi connectivity index (χ0n) is 14.1. The molecule has 0 aliphatic carbocycles. The first-order chi connectivity index (χ1) is 12.0. The molecule has 1 aliphatic rings. The number of aliphatic carboxylic acids is 1. The van der Waals surface area contributed by atoms with Crippen LogP contribution in [0, 0.1) is 5.41 Å². The van der Waals surface area contributed by atoms with Gasteiger partial charge in [-0.15, -0.1) is 0 Å². The van der Waals surface area contributed by atoms with Gasteiger partial charge in [0.25, 0.3) is 0 Å². The van der Waals surface area contributed by atoms with Crippen molar-refractivity contribution in [1.29, 1.82) is 0 Å². The average molecular weight is 343 g/mol. The minimum Gasteiger partial charge on any atom is -0.481 e. The lowest BCUT2D eigenvalue weighted by molar-refractivity contribution is -0.151. The molecule has 1 saturated heterocycles. The Hall–Kier alpha value is -2.67. The number of carbonyl (C=O) groups is 2. The van der Waals surface area contributed by atoms with Crippen molar-refractivity contribution in [3.63, 3.8) is 0 Å². The number of carboxylic acids is 1. The molecule has 132 valence electrons. The van der Waals surface area contributed by atoms with Gasteiger partial charge in [-0.25, -0.2) is 4.68 Å². The second-order valence-corrected chi connectivity index (χ2v) is 6.39. The maximum atomic E-state index is 12.5. The Bertz CT molecular complexity index is 759. The summed E-state index contributed by atoms with van der Waals surface area (Å²) in [5.41, 5.74) is 0.722. The van der Waals surface area contributed by atoms with Crippen molar-refractivity contribution in [3.05, 3.63) is 48.3 Å². The summed E-state index contributed by atoms with van der Waals surface area (Å²) < 4.78 is 6.78. The van der Waals surface area contributed by atoms with Crippen LogP contribution in [0.4, 0.5) is 0 Å². The number of methoxy groups -OCH3 is 1. The number of hydrogen-bond acceptors (Lipinski definition) is 4. The summed E-state index contributed by atoms with van der Waals surface area (Å²) in [6.45, 7) is 0.723. The maximum Gasteiger partial charge on any atom is 0.313 e. The third kappa shape index (κ3) is 3.56. The molecule has 0 saturated carbocycles. The number of carboxylic acid groups (broad SMARTS) is 1. The quantitative estimate of drug-likeness (QED) is 0.856. The van der Waals surface area contributed by atoms with Crippen LogP contribution >= 0.6 is 0 Å². The molecule has 2 heterocycles. The van der Waals surface area contributed by atoms with Gasteiger partial charge >= 0.3 is 5.97 Å². The van der Waals surface area contributed by atoms with E-state index in [1.165, 1.54) is 7.11 Å². The molecule has 7 heteroatoms. The molecule has 7 nitrogen and oxygen atoms in total. The molecule has 1 amide bonds. The van der Waals surface area contributed by atoms with E-state index in [9.17, 15) is 14.7 Å². The van der Waals surface area contributed by atoms with Gasteiger partial charge in [0, 0.05) is 26.4 Å². The molecule has 1 aliphatic heterocycles. The van der Waals surface area contributed by atoms with Crippen LogP contribution in [0.3, 0.4) is 0 Å². The summed E-state index contributed by atoms with van der Waals surface area (Å²) in [6.07, 6.45) is 4.10. The summed E-state index contributed by atoms with van der Waals surface area (Å²) in [7, 11) is 1.48. The highest BCUT2D eigenvalue weighted by Gasteiger charge is 2.46. The molecule has 0 radical (unpaired) electrons. The van der Waals surface area contributed by atoms with Gasteiger partial charge < -0.3 is 14.7 Å². The highest BCUT2D eigenvalue weighted by atomic mass is 16.5. The molecular formula is C18H21N3O4. The van der Waals surface area contributed by atoms with E-state index in [1.807, 2.05) is 36.5 Å². The molecular weight excluding hydrogens is 322 g/mol. The molecule has 0 spiro atoms. The number of para-hydroxylation sites is 1. The molecule has 25 heavy (non-hydrogen) atoms. The van der Waals surface area contributed by atoms with Crippen molar-refractivity contribution in [2.24, 2.45) is 5.41 Å². The van der Waals surface area contributed by atoms with Gasteiger partial charge in [-0.2, -0.15) is 5.10 Å². The molecule has 1 atom stereocenters. The highest BCUT2D eigenvalue weighted by Crippen LogP contribution is 2.31. The summed E-state index contributed by atoms with van der Waals surface area (Å²) in [6, 6.07) is 9.65. The highest BCUT2D eigenvalue weighted by molar-refractivity contribution is 5.82. The smallest absolute Gasteiger partial charge is 0.313 e. The number of amides is 1. The normalized spacial score (nSPS) is 20.0. The van der Waals surface area contributed by atoms with E-state index in [4.69, 9.17) is 4.74 Å². The summed E-state index contributed by atoms with van der Waals surface area (Å²) in [4.78, 5) is 25.7. The number of nitrogens with zero attached hydrogens (tertiary/aromatic N) is 3. The molecule has 1 unspecified atom stereocenters. The number of likely N-dealkylation sites (tertiary alicyclic amines) is 1. The fraction of sp³-hybridized carbons (Fsp3) is 0.389. The van der Waals surface area contributed by atoms with Crippen LogP contribution in [0.15, 0.2) is 42.7 Å². The van der Waals surface area contributed by atoms with Gasteiger partial charge in [0.2, 0.25) is 5.91 Å². The predicted octanol–water partition coefficient (Wildman–Crippen LogP) is 1.36. The van der Waals surface area contributed by atoms with Gasteiger partial charge in [-0.05, 0) is 24.1 Å². The van der Waals surface area contributed by atoms with Crippen molar-refractivity contribution < 1.29 is 19.4 Å². The summed E-state index contributed by atoms with van der Waals surface area (Å²) in [5, 5.41) is 13.8. The van der Waals surface area contributed by atoms with Gasteiger partial charge in [-0.1, -0.05) is 18.2 Å². The van der Waals surface area contributed by atoms with E-state index >= 15 is 0 Å². The van der Waals surface area contributed by atoms with Crippen LogP contribution in [-0.4, -0.2) is 58.5 Å². The number of carbonyl (C=O) groups excluding carboxylic acids is 1. The predicted molar refractivity (Wildman–Crippen MR) is 90.4 cm³/mol. The Morgan fingerprint density at radius 1 is 1.32 bits per heavy atom. The fourth-order valence-corrected chi connectivity index (χ4v) is 3.18. The minimum absolute atomic E-state index is 0.0909. The third-order valence-corrected chi connectivity index (χ3v) is 4.59. The van der Waals surface area contributed by atoms with Crippen molar-refractivity contribution in [3.8, 4) is 5.69 Å². The second-order valence-electron chi connectivity index (χ2n) is 6.39. The number of ether oxygens (including phenoxy) is 1. The summed E-state index contributed by atoms with van der Waals surface area (Å²) in [5.74, 6) is -1.01. The SMILES string of the molecule is COCC1(C(=O)O)CCN(C(=O)Cc2cnn(-c3ccccc3)c2)C1. The lowest BCUT2D eigenvalue weighted by Gasteiger charge is -2.23. The van der Waals surface area contributed by atoms with E-state index in [-0.39, 0.29) is 25.5 Å². The lowest BCUT2D eigenvalue weighted by atomic mass is 9.88. The molecule has 0 bridgehead atoms. The van der Waals surface area contributed by atoms with Gasteiger partial charge in [0.15, 0.2) is 0 Å². The van der Waals surface area contributed by atoms with Crippen LogP contribution < -0.4 is 0 Å². The topological polar surface area (TPSA) is 84.7 Å². The second kappa shape index (κ2) is 7.06. The first-order valence-corrected chi connectivity index (χ1v) is 8.13. The first kappa shape index (κ1) is 17.2. The van der Waals surface area contributed by atoms with Crippen molar-refractivity contribution in [2.75, 3.05) is 26.8 Å². The minimum atomic E-state index is -1.00. The lowest BCUT2D eigenvalue weighted by Crippen LogP contribution is -2.40. The van der Waals surface area contributed by atoms with Gasteiger partial charge in [0.05, 0.1) is 24.9 Å². The molecule has 2 aromatic rings. The molecule has 1 fully saturated rings.